The maximum atomic E-state index is 11.4. The van der Waals surface area contributed by atoms with Crippen LogP contribution in [0, 0.1) is 6.92 Å². The molecule has 0 N–H and O–H groups in total. The highest BCUT2D eigenvalue weighted by Gasteiger charge is 2.23. The molecule has 0 bridgehead atoms. The monoisotopic (exact) mass is 218 g/mol. The standard InChI is InChI=1S/C12H14N2O2/c1-8-4-5-11(16-3)9(6-8)10-7-12(15)14(2)13-10/h4-6H,7H2,1-3H3. The molecule has 1 aromatic carbocycles. The van der Waals surface area contributed by atoms with Crippen LogP contribution in [0.25, 0.3) is 0 Å². The molecule has 0 fully saturated rings. The third kappa shape index (κ3) is 1.78. The van der Waals surface area contributed by atoms with Crippen LogP contribution in [-0.2, 0) is 4.79 Å². The summed E-state index contributed by atoms with van der Waals surface area (Å²) in [6.45, 7) is 2.00. The number of amides is 1. The number of carbonyl (C=O) groups is 1. The topological polar surface area (TPSA) is 41.9 Å². The van der Waals surface area contributed by atoms with Crippen LogP contribution in [0.2, 0.25) is 0 Å². The predicted octanol–water partition coefficient (Wildman–Crippen LogP) is 1.57. The van der Waals surface area contributed by atoms with Crippen molar-refractivity contribution in [3.8, 4) is 5.75 Å². The van der Waals surface area contributed by atoms with Gasteiger partial charge in [-0.3, -0.25) is 4.79 Å². The fraction of sp³-hybridized carbons (Fsp3) is 0.333. The Morgan fingerprint density at radius 1 is 1.44 bits per heavy atom. The highest BCUT2D eigenvalue weighted by Crippen LogP contribution is 2.24. The molecular weight excluding hydrogens is 204 g/mol. The first-order valence-electron chi connectivity index (χ1n) is 5.11. The van der Waals surface area contributed by atoms with E-state index in [4.69, 9.17) is 4.74 Å². The molecule has 1 aromatic rings. The Kier molecular flexibility index (Phi) is 2.64. The third-order valence-corrected chi connectivity index (χ3v) is 2.62. The Morgan fingerprint density at radius 2 is 2.19 bits per heavy atom. The van der Waals surface area contributed by atoms with Crippen molar-refractivity contribution in [1.29, 1.82) is 0 Å². The van der Waals surface area contributed by atoms with Crippen molar-refractivity contribution < 1.29 is 9.53 Å². The number of carbonyl (C=O) groups excluding carboxylic acids is 1. The zero-order valence-electron chi connectivity index (χ0n) is 9.65. The predicted molar refractivity (Wildman–Crippen MR) is 61.7 cm³/mol. The lowest BCUT2D eigenvalue weighted by atomic mass is 10.0. The normalized spacial score (nSPS) is 15.3. The number of rotatable bonds is 2. The number of hydrogen-bond acceptors (Lipinski definition) is 3. The molecule has 4 heteroatoms. The Labute approximate surface area is 94.5 Å². The first-order chi connectivity index (χ1) is 7.61. The van der Waals surface area contributed by atoms with Gasteiger partial charge in [-0.1, -0.05) is 11.6 Å². The minimum Gasteiger partial charge on any atom is -0.496 e. The van der Waals surface area contributed by atoms with Gasteiger partial charge in [0.25, 0.3) is 0 Å². The molecular formula is C12H14N2O2. The molecule has 1 aliphatic heterocycles. The Balaban J connectivity index is 2.44. The molecule has 0 unspecified atom stereocenters. The molecule has 16 heavy (non-hydrogen) atoms. The lowest BCUT2D eigenvalue weighted by Gasteiger charge is -2.08. The molecule has 0 radical (unpaired) electrons. The van der Waals surface area contributed by atoms with Gasteiger partial charge < -0.3 is 4.74 Å². The number of methoxy groups -OCH3 is 1. The molecule has 2 rings (SSSR count). The van der Waals surface area contributed by atoms with Crippen molar-refractivity contribution in [3.63, 3.8) is 0 Å². The molecule has 0 atom stereocenters. The van der Waals surface area contributed by atoms with E-state index in [1.807, 2.05) is 25.1 Å². The summed E-state index contributed by atoms with van der Waals surface area (Å²) in [5.41, 5.74) is 2.80. The number of hydrazone groups is 1. The van der Waals surface area contributed by atoms with Gasteiger partial charge >= 0.3 is 0 Å². The van der Waals surface area contributed by atoms with Crippen LogP contribution >= 0.6 is 0 Å². The van der Waals surface area contributed by atoms with Crippen molar-refractivity contribution >= 4 is 11.6 Å². The lowest BCUT2D eigenvalue weighted by Crippen LogP contribution is -2.14. The highest BCUT2D eigenvalue weighted by atomic mass is 16.5. The summed E-state index contributed by atoms with van der Waals surface area (Å²) in [4.78, 5) is 11.4. The van der Waals surface area contributed by atoms with Gasteiger partial charge in [0.1, 0.15) is 5.75 Å². The van der Waals surface area contributed by atoms with Crippen LogP contribution in [0.5, 0.6) is 5.75 Å². The summed E-state index contributed by atoms with van der Waals surface area (Å²) in [5.74, 6) is 0.769. The van der Waals surface area contributed by atoms with E-state index in [0.29, 0.717) is 6.42 Å². The average Bonchev–Trinajstić information content (AvgIpc) is 2.59. The van der Waals surface area contributed by atoms with Crippen LogP contribution in [0.4, 0.5) is 0 Å². The fourth-order valence-corrected chi connectivity index (χ4v) is 1.73. The molecule has 0 aliphatic carbocycles. The lowest BCUT2D eigenvalue weighted by molar-refractivity contribution is -0.127. The van der Waals surface area contributed by atoms with Crippen LogP contribution in [0.1, 0.15) is 17.5 Å². The van der Waals surface area contributed by atoms with Gasteiger partial charge in [0.15, 0.2) is 0 Å². The number of benzene rings is 1. The summed E-state index contributed by atoms with van der Waals surface area (Å²) in [6.07, 6.45) is 0.344. The summed E-state index contributed by atoms with van der Waals surface area (Å²) >= 11 is 0. The largest absolute Gasteiger partial charge is 0.496 e. The zero-order valence-corrected chi connectivity index (χ0v) is 9.65. The number of nitrogens with zero attached hydrogens (tertiary/aromatic N) is 2. The minimum absolute atomic E-state index is 0.0126. The van der Waals surface area contributed by atoms with E-state index in [2.05, 4.69) is 5.10 Å². The van der Waals surface area contributed by atoms with Crippen molar-refractivity contribution in [1.82, 2.24) is 5.01 Å². The number of hydrogen-bond donors (Lipinski definition) is 0. The van der Waals surface area contributed by atoms with Crippen molar-refractivity contribution in [2.75, 3.05) is 14.2 Å². The zero-order chi connectivity index (χ0) is 11.7. The Morgan fingerprint density at radius 3 is 2.75 bits per heavy atom. The first kappa shape index (κ1) is 10.7. The summed E-state index contributed by atoms with van der Waals surface area (Å²) in [7, 11) is 3.28. The SMILES string of the molecule is COc1ccc(C)cc1C1=NN(C)C(=O)C1. The van der Waals surface area contributed by atoms with Gasteiger partial charge in [0.2, 0.25) is 5.91 Å². The summed E-state index contributed by atoms with van der Waals surface area (Å²) < 4.78 is 5.27. The molecule has 0 saturated heterocycles. The molecule has 1 amide bonds. The van der Waals surface area contributed by atoms with E-state index in [0.717, 1.165) is 22.6 Å². The van der Waals surface area contributed by atoms with Gasteiger partial charge in [0, 0.05) is 12.6 Å². The fourth-order valence-electron chi connectivity index (χ4n) is 1.73. The molecule has 0 aromatic heterocycles. The van der Waals surface area contributed by atoms with Gasteiger partial charge in [0.05, 0.1) is 19.2 Å². The Hall–Kier alpha value is -1.84. The molecule has 1 heterocycles. The quantitative estimate of drug-likeness (QED) is 0.756. The van der Waals surface area contributed by atoms with E-state index in [9.17, 15) is 4.79 Å². The second-order valence-electron chi connectivity index (χ2n) is 3.84. The molecule has 1 aliphatic rings. The van der Waals surface area contributed by atoms with Crippen molar-refractivity contribution in [3.05, 3.63) is 29.3 Å². The Bertz CT molecular complexity index is 466. The smallest absolute Gasteiger partial charge is 0.248 e. The van der Waals surface area contributed by atoms with Gasteiger partial charge in [-0.15, -0.1) is 0 Å². The van der Waals surface area contributed by atoms with E-state index in [1.54, 1.807) is 14.2 Å². The van der Waals surface area contributed by atoms with E-state index in [1.165, 1.54) is 5.01 Å². The van der Waals surface area contributed by atoms with Gasteiger partial charge in [-0.05, 0) is 19.1 Å². The van der Waals surface area contributed by atoms with Gasteiger partial charge in [-0.2, -0.15) is 5.10 Å². The second-order valence-corrected chi connectivity index (χ2v) is 3.84. The van der Waals surface area contributed by atoms with Crippen LogP contribution < -0.4 is 4.74 Å². The number of ether oxygens (including phenoxy) is 1. The number of aryl methyl sites for hydroxylation is 1. The average molecular weight is 218 g/mol. The molecule has 0 spiro atoms. The van der Waals surface area contributed by atoms with Gasteiger partial charge in [-0.25, -0.2) is 5.01 Å². The van der Waals surface area contributed by atoms with E-state index < -0.39 is 0 Å². The molecule has 0 saturated carbocycles. The van der Waals surface area contributed by atoms with Crippen LogP contribution in [-0.4, -0.2) is 30.8 Å². The maximum absolute atomic E-state index is 11.4. The van der Waals surface area contributed by atoms with E-state index >= 15 is 0 Å². The second kappa shape index (κ2) is 3.96. The highest BCUT2D eigenvalue weighted by molar-refractivity contribution is 6.14. The van der Waals surface area contributed by atoms with Crippen LogP contribution in [0.3, 0.4) is 0 Å². The minimum atomic E-state index is 0.0126. The van der Waals surface area contributed by atoms with Crippen molar-refractivity contribution in [2.24, 2.45) is 5.10 Å². The summed E-state index contributed by atoms with van der Waals surface area (Å²) in [5, 5.41) is 5.58. The molecule has 84 valence electrons. The first-order valence-corrected chi connectivity index (χ1v) is 5.11. The summed E-state index contributed by atoms with van der Waals surface area (Å²) in [6, 6.07) is 5.86. The maximum Gasteiger partial charge on any atom is 0.248 e. The molecule has 4 nitrogen and oxygen atoms in total. The third-order valence-electron chi connectivity index (χ3n) is 2.62. The van der Waals surface area contributed by atoms with Crippen molar-refractivity contribution in [2.45, 2.75) is 13.3 Å². The van der Waals surface area contributed by atoms with Crippen LogP contribution in [0.15, 0.2) is 23.3 Å². The van der Waals surface area contributed by atoms with E-state index in [-0.39, 0.29) is 5.91 Å².